The number of non-ortho nitro benzene ring substituents is 1. The van der Waals surface area contributed by atoms with Crippen molar-refractivity contribution in [2.75, 3.05) is 6.61 Å². The molecule has 8 nitrogen and oxygen atoms in total. The molecule has 0 saturated carbocycles. The van der Waals surface area contributed by atoms with Crippen molar-refractivity contribution >= 4 is 17.6 Å². The van der Waals surface area contributed by atoms with E-state index in [0.29, 0.717) is 12.2 Å². The van der Waals surface area contributed by atoms with Crippen molar-refractivity contribution in [3.8, 4) is 5.75 Å². The maximum absolute atomic E-state index is 12.9. The second-order valence-corrected chi connectivity index (χ2v) is 9.03. The molecule has 4 rings (SSSR count). The number of nitrogens with two attached hydrogens (primary N) is 1. The second kappa shape index (κ2) is 11.1. The molecule has 1 aliphatic rings. The van der Waals surface area contributed by atoms with E-state index in [0.717, 1.165) is 41.5 Å². The van der Waals surface area contributed by atoms with Crippen LogP contribution in [0.25, 0.3) is 0 Å². The van der Waals surface area contributed by atoms with Crippen LogP contribution < -0.4 is 10.5 Å². The number of esters is 1. The van der Waals surface area contributed by atoms with E-state index in [1.807, 2.05) is 36.4 Å². The molecule has 0 saturated heterocycles. The van der Waals surface area contributed by atoms with Gasteiger partial charge in [-0.05, 0) is 59.9 Å². The van der Waals surface area contributed by atoms with E-state index in [9.17, 15) is 19.7 Å². The third-order valence-electron chi connectivity index (χ3n) is 6.87. The molecule has 0 heterocycles. The van der Waals surface area contributed by atoms with Gasteiger partial charge in [0.1, 0.15) is 12.4 Å². The number of benzene rings is 3. The molecule has 3 N–H and O–H groups in total. The molecule has 3 atom stereocenters. The van der Waals surface area contributed by atoms with Crippen molar-refractivity contribution in [3.05, 3.63) is 105 Å². The lowest BCUT2D eigenvalue weighted by Crippen LogP contribution is -2.32. The highest BCUT2D eigenvalue weighted by Gasteiger charge is 2.34. The zero-order chi connectivity index (χ0) is 25.7. The molecule has 3 aromatic carbocycles. The quantitative estimate of drug-likeness (QED) is 0.200. The summed E-state index contributed by atoms with van der Waals surface area (Å²) in [7, 11) is 0. The fourth-order valence-corrected chi connectivity index (χ4v) is 5.25. The lowest BCUT2D eigenvalue weighted by molar-refractivity contribution is -0.384. The van der Waals surface area contributed by atoms with Crippen LogP contribution in [0.15, 0.2) is 72.8 Å². The van der Waals surface area contributed by atoms with Crippen molar-refractivity contribution in [1.82, 2.24) is 0 Å². The average Bonchev–Trinajstić information content (AvgIpc) is 2.89. The second-order valence-electron chi connectivity index (χ2n) is 9.03. The lowest BCUT2D eigenvalue weighted by Gasteiger charge is -2.32. The number of aliphatic hydroxyl groups is 1. The third-order valence-corrected chi connectivity index (χ3v) is 6.87. The Kier molecular flexibility index (Phi) is 7.75. The summed E-state index contributed by atoms with van der Waals surface area (Å²) in [5, 5.41) is 20.3. The molecule has 0 bridgehead atoms. The number of carbonyl (C=O) groups is 2. The van der Waals surface area contributed by atoms with Crippen molar-refractivity contribution < 1.29 is 24.4 Å². The van der Waals surface area contributed by atoms with Crippen LogP contribution in [0.1, 0.15) is 53.4 Å². The number of rotatable bonds is 9. The summed E-state index contributed by atoms with van der Waals surface area (Å²) in [5.74, 6) is -1.69. The number of aliphatic hydroxyl groups excluding tert-OH is 1. The number of hydrogen-bond donors (Lipinski definition) is 2. The van der Waals surface area contributed by atoms with Crippen LogP contribution in [0.3, 0.4) is 0 Å². The van der Waals surface area contributed by atoms with E-state index < -0.39 is 29.3 Å². The van der Waals surface area contributed by atoms with E-state index in [-0.39, 0.29) is 17.5 Å². The zero-order valence-electron chi connectivity index (χ0n) is 19.7. The monoisotopic (exact) mass is 488 g/mol. The molecule has 0 aliphatic heterocycles. The summed E-state index contributed by atoms with van der Waals surface area (Å²) >= 11 is 0. The van der Waals surface area contributed by atoms with Crippen molar-refractivity contribution in [3.63, 3.8) is 0 Å². The molecule has 1 amide bonds. The summed E-state index contributed by atoms with van der Waals surface area (Å²) in [6, 6.07) is 21.3. The molecular weight excluding hydrogens is 460 g/mol. The Hall–Kier alpha value is -4.04. The van der Waals surface area contributed by atoms with Crippen LogP contribution in [-0.2, 0) is 16.0 Å². The molecular formula is C28H28N2O6. The summed E-state index contributed by atoms with van der Waals surface area (Å²) in [6.07, 6.45) is 2.89. The first kappa shape index (κ1) is 25.1. The molecule has 8 heteroatoms. The maximum Gasteiger partial charge on any atom is 0.337 e. The molecule has 0 radical (unpaired) electrons. The van der Waals surface area contributed by atoms with Gasteiger partial charge in [-0.2, -0.15) is 0 Å². The van der Waals surface area contributed by atoms with E-state index in [2.05, 4.69) is 0 Å². The van der Waals surface area contributed by atoms with Gasteiger partial charge in [-0.1, -0.05) is 54.6 Å². The highest BCUT2D eigenvalue weighted by Crippen LogP contribution is 2.44. The number of nitro benzene ring substituents is 1. The number of nitro groups is 1. The Morgan fingerprint density at radius 3 is 2.36 bits per heavy atom. The number of fused-ring (bicyclic) bond motifs is 1. The Morgan fingerprint density at radius 1 is 1.03 bits per heavy atom. The van der Waals surface area contributed by atoms with Gasteiger partial charge in [-0.15, -0.1) is 0 Å². The zero-order valence-corrected chi connectivity index (χ0v) is 19.7. The van der Waals surface area contributed by atoms with E-state index in [4.69, 9.17) is 15.6 Å². The van der Waals surface area contributed by atoms with Crippen LogP contribution in [0, 0.1) is 16.0 Å². The van der Waals surface area contributed by atoms with Gasteiger partial charge >= 0.3 is 5.97 Å². The Labute approximate surface area is 208 Å². The number of primary amides is 1. The lowest BCUT2D eigenvalue weighted by atomic mass is 9.71. The van der Waals surface area contributed by atoms with Crippen LogP contribution in [0.4, 0.5) is 5.69 Å². The highest BCUT2D eigenvalue weighted by atomic mass is 16.6. The SMILES string of the molecule is NC(=O)C(CC1CCCc2c(OC(=O)CO)cccc21)C(c1ccccc1)c1ccc([N+](=O)[O-])cc1. The van der Waals surface area contributed by atoms with Gasteiger partial charge in [0, 0.05) is 24.0 Å². The summed E-state index contributed by atoms with van der Waals surface area (Å²) in [6.45, 7) is -0.704. The van der Waals surface area contributed by atoms with Gasteiger partial charge < -0.3 is 15.6 Å². The van der Waals surface area contributed by atoms with Gasteiger partial charge in [-0.3, -0.25) is 14.9 Å². The fourth-order valence-electron chi connectivity index (χ4n) is 5.25. The number of amides is 1. The standard InChI is InChI=1S/C28H28N2O6/c29-28(33)24(16-20-8-4-10-23-22(20)9-5-11-25(23)36-26(32)17-31)27(18-6-2-1-3-7-18)19-12-14-21(15-13-19)30(34)35/h1-3,5-7,9,11-15,20,24,27,31H,4,8,10,16-17H2,(H2,29,33). The Morgan fingerprint density at radius 2 is 1.72 bits per heavy atom. The van der Waals surface area contributed by atoms with Gasteiger partial charge in [0.2, 0.25) is 5.91 Å². The van der Waals surface area contributed by atoms with E-state index in [1.165, 1.54) is 12.1 Å². The first-order valence-corrected chi connectivity index (χ1v) is 11.9. The van der Waals surface area contributed by atoms with Gasteiger partial charge in [0.05, 0.1) is 4.92 Å². The van der Waals surface area contributed by atoms with Crippen molar-refractivity contribution in [2.45, 2.75) is 37.5 Å². The minimum atomic E-state index is -0.720. The molecule has 0 fully saturated rings. The molecule has 0 spiro atoms. The predicted octanol–water partition coefficient (Wildman–Crippen LogP) is 4.24. The molecule has 3 aromatic rings. The van der Waals surface area contributed by atoms with Crippen molar-refractivity contribution in [2.24, 2.45) is 11.7 Å². The normalized spacial score (nSPS) is 16.4. The molecule has 186 valence electrons. The van der Waals surface area contributed by atoms with Gasteiger partial charge in [0.15, 0.2) is 0 Å². The van der Waals surface area contributed by atoms with Gasteiger partial charge in [0.25, 0.3) is 5.69 Å². The van der Waals surface area contributed by atoms with Crippen LogP contribution in [-0.4, -0.2) is 28.5 Å². The number of ether oxygens (including phenoxy) is 1. The summed E-state index contributed by atoms with van der Waals surface area (Å²) < 4.78 is 5.34. The minimum Gasteiger partial charge on any atom is -0.425 e. The number of nitrogens with zero attached hydrogens (tertiary/aromatic N) is 1. The molecule has 3 unspecified atom stereocenters. The number of carbonyl (C=O) groups excluding carboxylic acids is 2. The smallest absolute Gasteiger partial charge is 0.337 e. The maximum atomic E-state index is 12.9. The van der Waals surface area contributed by atoms with Crippen LogP contribution in [0.5, 0.6) is 5.75 Å². The molecule has 1 aliphatic carbocycles. The third kappa shape index (κ3) is 5.44. The van der Waals surface area contributed by atoms with E-state index in [1.54, 1.807) is 24.3 Å². The average molecular weight is 489 g/mol. The van der Waals surface area contributed by atoms with Gasteiger partial charge in [-0.25, -0.2) is 4.79 Å². The fraction of sp³-hybridized carbons (Fsp3) is 0.286. The minimum absolute atomic E-state index is 0.00305. The highest BCUT2D eigenvalue weighted by molar-refractivity contribution is 5.79. The van der Waals surface area contributed by atoms with E-state index >= 15 is 0 Å². The largest absolute Gasteiger partial charge is 0.425 e. The predicted molar refractivity (Wildman–Crippen MR) is 134 cm³/mol. The molecule has 36 heavy (non-hydrogen) atoms. The van der Waals surface area contributed by atoms with Crippen LogP contribution >= 0.6 is 0 Å². The first-order chi connectivity index (χ1) is 17.4. The summed E-state index contributed by atoms with van der Waals surface area (Å²) in [5.41, 5.74) is 9.56. The topological polar surface area (TPSA) is 133 Å². The Bertz CT molecular complexity index is 1240. The first-order valence-electron chi connectivity index (χ1n) is 11.9. The van der Waals surface area contributed by atoms with Crippen LogP contribution in [0.2, 0.25) is 0 Å². The number of hydrogen-bond acceptors (Lipinski definition) is 6. The van der Waals surface area contributed by atoms with Crippen molar-refractivity contribution in [1.29, 1.82) is 0 Å². The Balaban J connectivity index is 1.71. The summed E-state index contributed by atoms with van der Waals surface area (Å²) in [4.78, 5) is 35.3. The molecule has 0 aromatic heterocycles.